The molecule has 0 radical (unpaired) electrons. The molecule has 2 heterocycles. The largest absolute Gasteiger partial charge is 0.493 e. The van der Waals surface area contributed by atoms with Crippen LogP contribution in [0.4, 0.5) is 0 Å². The minimum Gasteiger partial charge on any atom is -0.493 e. The zero-order valence-electron chi connectivity index (χ0n) is 17.4. The van der Waals surface area contributed by atoms with Gasteiger partial charge in [0, 0.05) is 18.1 Å². The van der Waals surface area contributed by atoms with Gasteiger partial charge >= 0.3 is 0 Å². The quantitative estimate of drug-likeness (QED) is 0.431. The van der Waals surface area contributed by atoms with Gasteiger partial charge in [-0.25, -0.2) is 0 Å². The molecule has 2 aromatic carbocycles. The summed E-state index contributed by atoms with van der Waals surface area (Å²) in [5.74, 6) is 1.78. The van der Waals surface area contributed by atoms with Crippen molar-refractivity contribution < 1.29 is 18.7 Å². The van der Waals surface area contributed by atoms with Crippen LogP contribution in [0.3, 0.4) is 0 Å². The molecule has 0 bridgehead atoms. The summed E-state index contributed by atoms with van der Waals surface area (Å²) in [6.07, 6.45) is 3.97. The van der Waals surface area contributed by atoms with E-state index in [0.717, 1.165) is 11.3 Å². The molecule has 4 aromatic rings. The monoisotopic (exact) mass is 416 g/mol. The van der Waals surface area contributed by atoms with Crippen molar-refractivity contribution in [1.29, 1.82) is 0 Å². The fourth-order valence-corrected chi connectivity index (χ4v) is 3.28. The zero-order valence-corrected chi connectivity index (χ0v) is 17.4. The summed E-state index contributed by atoms with van der Waals surface area (Å²) in [6.45, 7) is 2.14. The number of para-hydroxylation sites is 2. The van der Waals surface area contributed by atoms with Gasteiger partial charge in [-0.3, -0.25) is 4.79 Å². The van der Waals surface area contributed by atoms with E-state index in [-0.39, 0.29) is 24.3 Å². The highest BCUT2D eigenvalue weighted by molar-refractivity contribution is 5.91. The topological polar surface area (TPSA) is 65.6 Å². The first-order valence-electron chi connectivity index (χ1n) is 10.0. The maximum Gasteiger partial charge on any atom is 0.287 e. The molecule has 2 aromatic heterocycles. The van der Waals surface area contributed by atoms with Crippen molar-refractivity contribution in [1.82, 2.24) is 9.88 Å². The molecule has 6 nitrogen and oxygen atoms in total. The predicted octanol–water partition coefficient (Wildman–Crippen LogP) is 5.15. The van der Waals surface area contributed by atoms with Crippen LogP contribution in [-0.2, 0) is 6.61 Å². The van der Waals surface area contributed by atoms with Crippen LogP contribution in [-0.4, -0.2) is 17.6 Å². The van der Waals surface area contributed by atoms with Crippen LogP contribution in [0.25, 0.3) is 5.69 Å². The fraction of sp³-hybridized carbons (Fsp3) is 0.160. The van der Waals surface area contributed by atoms with Gasteiger partial charge in [0.1, 0.15) is 12.4 Å². The van der Waals surface area contributed by atoms with Crippen LogP contribution in [0.1, 0.15) is 34.8 Å². The lowest BCUT2D eigenvalue weighted by atomic mass is 10.1. The summed E-state index contributed by atoms with van der Waals surface area (Å²) >= 11 is 0. The number of hydrogen-bond donors (Lipinski definition) is 1. The lowest BCUT2D eigenvalue weighted by Crippen LogP contribution is -2.26. The molecule has 4 rings (SSSR count). The summed E-state index contributed by atoms with van der Waals surface area (Å²) in [7, 11) is 1.59. The zero-order chi connectivity index (χ0) is 21.6. The predicted molar refractivity (Wildman–Crippen MR) is 118 cm³/mol. The van der Waals surface area contributed by atoms with Gasteiger partial charge in [-0.1, -0.05) is 24.3 Å². The molecule has 0 spiro atoms. The highest BCUT2D eigenvalue weighted by Gasteiger charge is 2.16. The van der Waals surface area contributed by atoms with Crippen molar-refractivity contribution in [2.24, 2.45) is 0 Å². The summed E-state index contributed by atoms with van der Waals surface area (Å²) in [6, 6.07) is 22.6. The first-order valence-corrected chi connectivity index (χ1v) is 10.0. The number of rotatable bonds is 8. The number of carbonyl (C=O) groups excluding carboxylic acids is 1. The molecular weight excluding hydrogens is 392 g/mol. The second-order valence-electron chi connectivity index (χ2n) is 7.09. The molecule has 0 saturated carbocycles. The van der Waals surface area contributed by atoms with Gasteiger partial charge in [0.15, 0.2) is 17.3 Å². The molecule has 1 atom stereocenters. The molecular formula is C25H24N2O4. The van der Waals surface area contributed by atoms with Crippen LogP contribution in [0.15, 0.2) is 89.6 Å². The average molecular weight is 416 g/mol. The van der Waals surface area contributed by atoms with Crippen LogP contribution < -0.4 is 14.8 Å². The number of carbonyl (C=O) groups is 1. The van der Waals surface area contributed by atoms with E-state index in [1.807, 2.05) is 78.5 Å². The SMILES string of the molecule is COc1ccccc1OCc1ccc(C(=O)NC(C)c2cccc(-n3cccc3)c2)o1. The third-order valence-corrected chi connectivity index (χ3v) is 4.94. The normalized spacial score (nSPS) is 11.7. The smallest absolute Gasteiger partial charge is 0.287 e. The number of ether oxygens (including phenoxy) is 2. The van der Waals surface area contributed by atoms with E-state index in [2.05, 4.69) is 11.4 Å². The van der Waals surface area contributed by atoms with Crippen molar-refractivity contribution in [3.8, 4) is 17.2 Å². The number of aromatic nitrogens is 1. The standard InChI is InChI=1S/C25H24N2O4/c1-18(19-8-7-9-20(16-19)27-14-5-6-15-27)26-25(28)24-13-12-21(31-24)17-30-23-11-4-3-10-22(23)29-2/h3-16,18H,17H2,1-2H3,(H,26,28). The number of furan rings is 1. The number of nitrogens with zero attached hydrogens (tertiary/aromatic N) is 1. The number of benzene rings is 2. The van der Waals surface area contributed by atoms with Crippen molar-refractivity contribution in [3.63, 3.8) is 0 Å². The van der Waals surface area contributed by atoms with Gasteiger partial charge in [-0.15, -0.1) is 0 Å². The molecule has 31 heavy (non-hydrogen) atoms. The van der Waals surface area contributed by atoms with E-state index < -0.39 is 0 Å². The first kappa shape index (κ1) is 20.3. The third kappa shape index (κ3) is 4.80. The minimum atomic E-state index is -0.276. The second kappa shape index (κ2) is 9.26. The van der Waals surface area contributed by atoms with Crippen LogP contribution in [0, 0.1) is 0 Å². The second-order valence-corrected chi connectivity index (χ2v) is 7.09. The summed E-state index contributed by atoms with van der Waals surface area (Å²) in [5.41, 5.74) is 2.04. The third-order valence-electron chi connectivity index (χ3n) is 4.94. The van der Waals surface area contributed by atoms with Crippen LogP contribution >= 0.6 is 0 Å². The first-order chi connectivity index (χ1) is 15.1. The van der Waals surface area contributed by atoms with Crippen molar-refractivity contribution in [3.05, 3.63) is 102 Å². The maximum atomic E-state index is 12.7. The van der Waals surface area contributed by atoms with E-state index in [1.165, 1.54) is 0 Å². The van der Waals surface area contributed by atoms with E-state index in [4.69, 9.17) is 13.9 Å². The Morgan fingerprint density at radius 2 is 1.77 bits per heavy atom. The molecule has 158 valence electrons. The van der Waals surface area contributed by atoms with Crippen LogP contribution in [0.2, 0.25) is 0 Å². The Hall–Kier alpha value is -3.93. The highest BCUT2D eigenvalue weighted by Crippen LogP contribution is 2.27. The number of amides is 1. The Morgan fingerprint density at radius 1 is 1.00 bits per heavy atom. The van der Waals surface area contributed by atoms with Gasteiger partial charge in [-0.05, 0) is 61.0 Å². The molecule has 0 saturated heterocycles. The van der Waals surface area contributed by atoms with Crippen molar-refractivity contribution in [2.45, 2.75) is 19.6 Å². The van der Waals surface area contributed by atoms with E-state index >= 15 is 0 Å². The minimum absolute atomic E-state index is 0.179. The van der Waals surface area contributed by atoms with Crippen molar-refractivity contribution in [2.75, 3.05) is 7.11 Å². The Balaban J connectivity index is 1.38. The van der Waals surface area contributed by atoms with E-state index in [1.54, 1.807) is 19.2 Å². The lowest BCUT2D eigenvalue weighted by Gasteiger charge is -2.15. The highest BCUT2D eigenvalue weighted by atomic mass is 16.5. The summed E-state index contributed by atoms with van der Waals surface area (Å²) in [5, 5.41) is 2.99. The van der Waals surface area contributed by atoms with Gasteiger partial charge in [0.05, 0.1) is 13.2 Å². The molecule has 0 aliphatic rings. The number of methoxy groups -OCH3 is 1. The fourth-order valence-electron chi connectivity index (χ4n) is 3.28. The molecule has 6 heteroatoms. The van der Waals surface area contributed by atoms with Gasteiger partial charge in [0.25, 0.3) is 5.91 Å². The molecule has 1 unspecified atom stereocenters. The number of nitrogens with one attached hydrogen (secondary N) is 1. The van der Waals surface area contributed by atoms with Crippen LogP contribution in [0.5, 0.6) is 11.5 Å². The van der Waals surface area contributed by atoms with Crippen molar-refractivity contribution >= 4 is 5.91 Å². The molecule has 0 aliphatic carbocycles. The maximum absolute atomic E-state index is 12.7. The molecule has 0 fully saturated rings. The Kier molecular flexibility index (Phi) is 6.08. The summed E-state index contributed by atoms with van der Waals surface area (Å²) < 4.78 is 18.7. The van der Waals surface area contributed by atoms with Gasteiger partial charge < -0.3 is 23.8 Å². The van der Waals surface area contributed by atoms with Gasteiger partial charge in [-0.2, -0.15) is 0 Å². The molecule has 1 amide bonds. The molecule has 0 aliphatic heterocycles. The van der Waals surface area contributed by atoms with E-state index in [0.29, 0.717) is 17.3 Å². The summed E-state index contributed by atoms with van der Waals surface area (Å²) in [4.78, 5) is 12.7. The molecule has 1 N–H and O–H groups in total. The van der Waals surface area contributed by atoms with E-state index in [9.17, 15) is 4.79 Å². The Bertz CT molecular complexity index is 1150. The Labute approximate surface area is 181 Å². The average Bonchev–Trinajstić information content (AvgIpc) is 3.50. The van der Waals surface area contributed by atoms with Gasteiger partial charge in [0.2, 0.25) is 0 Å². The Morgan fingerprint density at radius 3 is 2.55 bits per heavy atom. The number of hydrogen-bond acceptors (Lipinski definition) is 4. The lowest BCUT2D eigenvalue weighted by molar-refractivity contribution is 0.0907.